The maximum absolute atomic E-state index is 9.36. The average molecular weight is 340 g/mol. The zero-order chi connectivity index (χ0) is 14.8. The van der Waals surface area contributed by atoms with E-state index in [1.165, 1.54) is 4.68 Å². The Morgan fingerprint density at radius 1 is 1.14 bits per heavy atom. The maximum Gasteiger partial charge on any atom is 0.155 e. The fraction of sp³-hybridized carbons (Fsp3) is 0. The molecule has 0 radical (unpaired) electrons. The predicted octanol–water partition coefficient (Wildman–Crippen LogP) is 3.15. The van der Waals surface area contributed by atoms with Gasteiger partial charge in [0.2, 0.25) is 0 Å². The fourth-order valence-corrected chi connectivity index (χ4v) is 2.27. The highest BCUT2D eigenvalue weighted by molar-refractivity contribution is 9.10. The number of hydrogen-bond acceptors (Lipinski definition) is 4. The number of hydrogen-bond donors (Lipinski definition) is 1. The molecule has 0 atom stereocenters. The second-order valence-corrected chi connectivity index (χ2v) is 5.24. The van der Waals surface area contributed by atoms with Crippen LogP contribution in [-0.4, -0.2) is 14.8 Å². The number of nitrogens with zero attached hydrogens (tertiary/aromatic N) is 4. The molecule has 0 aliphatic rings. The Kier molecular flexibility index (Phi) is 3.42. The molecule has 2 heterocycles. The molecule has 0 fully saturated rings. The van der Waals surface area contributed by atoms with Crippen LogP contribution in [0.15, 0.2) is 53.1 Å². The van der Waals surface area contributed by atoms with E-state index >= 15 is 0 Å². The standard InChI is InChI=1S/C15H10BrN5/c16-11-6-4-10(5-7-11)14-12(9-17)15(18)21(20-14)13-3-1-2-8-19-13/h1-8H,18H2. The first-order valence-electron chi connectivity index (χ1n) is 6.16. The van der Waals surface area contributed by atoms with E-state index < -0.39 is 0 Å². The second-order valence-electron chi connectivity index (χ2n) is 4.33. The molecule has 2 N–H and O–H groups in total. The molecule has 102 valence electrons. The molecule has 2 aromatic heterocycles. The number of halogens is 1. The number of nitriles is 1. The van der Waals surface area contributed by atoms with Gasteiger partial charge in [-0.1, -0.05) is 34.1 Å². The number of benzene rings is 1. The van der Waals surface area contributed by atoms with Crippen molar-refractivity contribution in [3.8, 4) is 23.1 Å². The summed E-state index contributed by atoms with van der Waals surface area (Å²) in [6.45, 7) is 0. The lowest BCUT2D eigenvalue weighted by molar-refractivity contribution is 0.860. The summed E-state index contributed by atoms with van der Waals surface area (Å²) in [6.07, 6.45) is 1.65. The predicted molar refractivity (Wildman–Crippen MR) is 83.6 cm³/mol. The molecule has 0 amide bonds. The largest absolute Gasteiger partial charge is 0.382 e. The molecule has 3 rings (SSSR count). The van der Waals surface area contributed by atoms with E-state index in [0.29, 0.717) is 17.1 Å². The number of pyridine rings is 1. The third kappa shape index (κ3) is 2.39. The van der Waals surface area contributed by atoms with E-state index in [2.05, 4.69) is 32.1 Å². The van der Waals surface area contributed by atoms with Crippen LogP contribution in [0.5, 0.6) is 0 Å². The van der Waals surface area contributed by atoms with Gasteiger partial charge in [0, 0.05) is 16.2 Å². The third-order valence-electron chi connectivity index (χ3n) is 3.02. The molecular formula is C15H10BrN5. The Morgan fingerprint density at radius 2 is 1.90 bits per heavy atom. The van der Waals surface area contributed by atoms with E-state index in [-0.39, 0.29) is 5.82 Å². The Hall–Kier alpha value is -2.65. The van der Waals surface area contributed by atoms with Gasteiger partial charge in [-0.3, -0.25) is 0 Å². The zero-order valence-corrected chi connectivity index (χ0v) is 12.4. The zero-order valence-electron chi connectivity index (χ0n) is 10.9. The second kappa shape index (κ2) is 5.38. The van der Waals surface area contributed by atoms with Crippen molar-refractivity contribution in [2.24, 2.45) is 0 Å². The lowest BCUT2D eigenvalue weighted by Crippen LogP contribution is -2.03. The van der Waals surface area contributed by atoms with Gasteiger partial charge < -0.3 is 5.73 Å². The van der Waals surface area contributed by atoms with Crippen LogP contribution < -0.4 is 5.73 Å². The van der Waals surface area contributed by atoms with Gasteiger partial charge in [0.05, 0.1) is 0 Å². The monoisotopic (exact) mass is 339 g/mol. The summed E-state index contributed by atoms with van der Waals surface area (Å²) in [5.74, 6) is 0.865. The minimum atomic E-state index is 0.286. The van der Waals surface area contributed by atoms with Gasteiger partial charge in [-0.25, -0.2) is 4.98 Å². The number of aromatic nitrogens is 3. The molecule has 5 nitrogen and oxygen atoms in total. The van der Waals surface area contributed by atoms with Crippen LogP contribution in [0.2, 0.25) is 0 Å². The normalized spacial score (nSPS) is 10.3. The molecular weight excluding hydrogens is 330 g/mol. The fourth-order valence-electron chi connectivity index (χ4n) is 2.00. The molecule has 0 saturated heterocycles. The summed E-state index contributed by atoms with van der Waals surface area (Å²) >= 11 is 3.38. The average Bonchev–Trinajstić information content (AvgIpc) is 2.85. The van der Waals surface area contributed by atoms with Gasteiger partial charge in [-0.15, -0.1) is 0 Å². The number of nitrogen functional groups attached to an aromatic ring is 1. The molecule has 0 spiro atoms. The van der Waals surface area contributed by atoms with E-state index in [0.717, 1.165) is 10.0 Å². The molecule has 6 heteroatoms. The molecule has 1 aromatic carbocycles. The molecule has 0 aliphatic heterocycles. The number of rotatable bonds is 2. The van der Waals surface area contributed by atoms with Gasteiger partial charge >= 0.3 is 0 Å². The van der Waals surface area contributed by atoms with Crippen LogP contribution in [0.1, 0.15) is 5.56 Å². The third-order valence-corrected chi connectivity index (χ3v) is 3.55. The molecule has 21 heavy (non-hydrogen) atoms. The summed E-state index contributed by atoms with van der Waals surface area (Å²) in [6, 6.07) is 15.1. The number of anilines is 1. The van der Waals surface area contributed by atoms with E-state index in [1.54, 1.807) is 12.3 Å². The first-order chi connectivity index (χ1) is 10.2. The lowest BCUT2D eigenvalue weighted by Gasteiger charge is -2.01. The van der Waals surface area contributed by atoms with Crippen molar-refractivity contribution in [1.82, 2.24) is 14.8 Å². The Morgan fingerprint density at radius 3 is 2.52 bits per heavy atom. The van der Waals surface area contributed by atoms with E-state index in [9.17, 15) is 5.26 Å². The summed E-state index contributed by atoms with van der Waals surface area (Å²) in [7, 11) is 0. The van der Waals surface area contributed by atoms with Crippen molar-refractivity contribution in [2.45, 2.75) is 0 Å². The summed E-state index contributed by atoms with van der Waals surface area (Å²) in [4.78, 5) is 4.21. The lowest BCUT2D eigenvalue weighted by atomic mass is 10.1. The Balaban J connectivity index is 2.19. The van der Waals surface area contributed by atoms with Crippen LogP contribution in [0.4, 0.5) is 5.82 Å². The molecule has 0 aliphatic carbocycles. The minimum absolute atomic E-state index is 0.286. The molecule has 0 unspecified atom stereocenters. The van der Waals surface area contributed by atoms with Crippen molar-refractivity contribution in [1.29, 1.82) is 5.26 Å². The van der Waals surface area contributed by atoms with Crippen molar-refractivity contribution in [3.63, 3.8) is 0 Å². The highest BCUT2D eigenvalue weighted by Gasteiger charge is 2.18. The van der Waals surface area contributed by atoms with Crippen LogP contribution in [0.3, 0.4) is 0 Å². The van der Waals surface area contributed by atoms with Crippen LogP contribution in [0.25, 0.3) is 17.1 Å². The van der Waals surface area contributed by atoms with Crippen molar-refractivity contribution in [2.75, 3.05) is 5.73 Å². The van der Waals surface area contributed by atoms with Gasteiger partial charge in [0.1, 0.15) is 23.1 Å². The first-order valence-corrected chi connectivity index (χ1v) is 6.96. The quantitative estimate of drug-likeness (QED) is 0.777. The highest BCUT2D eigenvalue weighted by atomic mass is 79.9. The Bertz CT molecular complexity index is 816. The maximum atomic E-state index is 9.36. The number of nitrogens with two attached hydrogens (primary N) is 1. The van der Waals surface area contributed by atoms with Gasteiger partial charge in [0.25, 0.3) is 0 Å². The first kappa shape index (κ1) is 13.3. The SMILES string of the molecule is N#Cc1c(-c2ccc(Br)cc2)nn(-c2ccccn2)c1N. The minimum Gasteiger partial charge on any atom is -0.382 e. The van der Waals surface area contributed by atoms with Gasteiger partial charge in [-0.05, 0) is 24.3 Å². The summed E-state index contributed by atoms with van der Waals surface area (Å²) in [5.41, 5.74) is 7.77. The highest BCUT2D eigenvalue weighted by Crippen LogP contribution is 2.28. The van der Waals surface area contributed by atoms with Crippen LogP contribution in [0, 0.1) is 11.3 Å². The summed E-state index contributed by atoms with van der Waals surface area (Å²) < 4.78 is 2.44. The van der Waals surface area contributed by atoms with Crippen molar-refractivity contribution >= 4 is 21.7 Å². The van der Waals surface area contributed by atoms with Gasteiger partial charge in [0.15, 0.2) is 5.82 Å². The summed E-state index contributed by atoms with van der Waals surface area (Å²) in [5, 5.41) is 13.8. The molecule has 0 saturated carbocycles. The Labute approximate surface area is 129 Å². The van der Waals surface area contributed by atoms with Crippen LogP contribution >= 0.6 is 15.9 Å². The van der Waals surface area contributed by atoms with E-state index in [4.69, 9.17) is 5.73 Å². The molecule has 3 aromatic rings. The van der Waals surface area contributed by atoms with Crippen molar-refractivity contribution < 1.29 is 0 Å². The van der Waals surface area contributed by atoms with Crippen LogP contribution in [-0.2, 0) is 0 Å². The topological polar surface area (TPSA) is 80.5 Å². The smallest absolute Gasteiger partial charge is 0.155 e. The van der Waals surface area contributed by atoms with Crippen molar-refractivity contribution in [3.05, 3.63) is 58.7 Å². The molecule has 0 bridgehead atoms. The van der Waals surface area contributed by atoms with Gasteiger partial charge in [-0.2, -0.15) is 15.0 Å². The van der Waals surface area contributed by atoms with E-state index in [1.807, 2.05) is 36.4 Å².